The Bertz CT molecular complexity index is 808. The number of hydrogen-bond donors (Lipinski definition) is 2. The van der Waals surface area contributed by atoms with E-state index in [2.05, 4.69) is 20.7 Å². The van der Waals surface area contributed by atoms with Crippen LogP contribution in [0.15, 0.2) is 51.8 Å². The second-order valence-electron chi connectivity index (χ2n) is 4.06. The highest BCUT2D eigenvalue weighted by Gasteiger charge is 2.17. The molecule has 0 unspecified atom stereocenters. The Kier molecular flexibility index (Phi) is 4.29. The summed E-state index contributed by atoms with van der Waals surface area (Å²) >= 11 is 3.09. The lowest BCUT2D eigenvalue weighted by Gasteiger charge is -2.10. The molecule has 2 rings (SSSR count). The van der Waals surface area contributed by atoms with Gasteiger partial charge in [0.05, 0.1) is 16.1 Å². The van der Waals surface area contributed by atoms with Crippen molar-refractivity contribution in [1.82, 2.24) is 0 Å². The zero-order chi connectivity index (χ0) is 15.6. The lowest BCUT2D eigenvalue weighted by atomic mass is 10.2. The predicted octanol–water partition coefficient (Wildman–Crippen LogP) is 3.09. The average Bonchev–Trinajstić information content (AvgIpc) is 2.40. The minimum atomic E-state index is -3.96. The van der Waals surface area contributed by atoms with Crippen molar-refractivity contribution in [3.63, 3.8) is 0 Å². The van der Waals surface area contributed by atoms with Gasteiger partial charge in [0.25, 0.3) is 10.0 Å². The molecule has 2 aromatic rings. The van der Waals surface area contributed by atoms with E-state index in [-0.39, 0.29) is 20.6 Å². The number of rotatable bonds is 4. The molecule has 0 aromatic heterocycles. The zero-order valence-electron chi connectivity index (χ0n) is 10.4. The number of halogens is 2. The van der Waals surface area contributed by atoms with E-state index in [1.165, 1.54) is 30.3 Å². The van der Waals surface area contributed by atoms with Gasteiger partial charge in [-0.25, -0.2) is 17.6 Å². The molecule has 2 aromatic carbocycles. The van der Waals surface area contributed by atoms with Crippen LogP contribution in [0.2, 0.25) is 0 Å². The molecule has 110 valence electrons. The molecule has 0 aliphatic rings. The van der Waals surface area contributed by atoms with Crippen molar-refractivity contribution in [2.24, 2.45) is 0 Å². The summed E-state index contributed by atoms with van der Waals surface area (Å²) in [7, 11) is -3.96. The van der Waals surface area contributed by atoms with Gasteiger partial charge in [-0.3, -0.25) is 4.72 Å². The Morgan fingerprint density at radius 2 is 1.90 bits per heavy atom. The largest absolute Gasteiger partial charge is 0.478 e. The highest BCUT2D eigenvalue weighted by Crippen LogP contribution is 2.26. The third-order valence-electron chi connectivity index (χ3n) is 2.57. The second-order valence-corrected chi connectivity index (χ2v) is 6.60. The summed E-state index contributed by atoms with van der Waals surface area (Å²) in [5, 5.41) is 8.84. The Hall–Kier alpha value is -1.93. The van der Waals surface area contributed by atoms with Crippen molar-refractivity contribution in [2.45, 2.75) is 4.90 Å². The van der Waals surface area contributed by atoms with Crippen LogP contribution in [0, 0.1) is 5.82 Å². The normalized spacial score (nSPS) is 11.1. The highest BCUT2D eigenvalue weighted by atomic mass is 79.9. The van der Waals surface area contributed by atoms with Crippen LogP contribution in [0.25, 0.3) is 0 Å². The highest BCUT2D eigenvalue weighted by molar-refractivity contribution is 9.10. The molecule has 8 heteroatoms. The van der Waals surface area contributed by atoms with E-state index < -0.39 is 21.8 Å². The lowest BCUT2D eigenvalue weighted by Crippen LogP contribution is -2.13. The fourth-order valence-electron chi connectivity index (χ4n) is 1.57. The molecule has 0 saturated heterocycles. The molecule has 0 spiro atoms. The van der Waals surface area contributed by atoms with E-state index in [1.54, 1.807) is 0 Å². The van der Waals surface area contributed by atoms with Crippen LogP contribution < -0.4 is 4.72 Å². The first-order valence-corrected chi connectivity index (χ1v) is 7.88. The van der Waals surface area contributed by atoms with Gasteiger partial charge < -0.3 is 5.11 Å². The molecule has 21 heavy (non-hydrogen) atoms. The number of carboxylic acids is 1. The Balaban J connectivity index is 2.35. The Morgan fingerprint density at radius 1 is 1.19 bits per heavy atom. The Morgan fingerprint density at radius 3 is 2.48 bits per heavy atom. The number of hydrogen-bond acceptors (Lipinski definition) is 3. The van der Waals surface area contributed by atoms with Crippen LogP contribution in [-0.2, 0) is 10.0 Å². The monoisotopic (exact) mass is 373 g/mol. The van der Waals surface area contributed by atoms with E-state index in [4.69, 9.17) is 5.11 Å². The summed E-state index contributed by atoms with van der Waals surface area (Å²) in [6.07, 6.45) is 0. The maximum absolute atomic E-state index is 13.1. The molecule has 0 bridgehead atoms. The van der Waals surface area contributed by atoms with Crippen molar-refractivity contribution in [3.8, 4) is 0 Å². The van der Waals surface area contributed by atoms with E-state index in [0.717, 1.165) is 12.1 Å². The summed E-state index contributed by atoms with van der Waals surface area (Å²) < 4.78 is 39.8. The number of benzene rings is 2. The molecule has 0 aliphatic carbocycles. The van der Waals surface area contributed by atoms with Gasteiger partial charge in [-0.15, -0.1) is 0 Å². The first-order chi connectivity index (χ1) is 9.79. The summed E-state index contributed by atoms with van der Waals surface area (Å²) in [5.74, 6) is -1.80. The molecule has 0 fully saturated rings. The number of nitrogens with one attached hydrogen (secondary N) is 1. The van der Waals surface area contributed by atoms with Crippen molar-refractivity contribution in [2.75, 3.05) is 4.72 Å². The lowest BCUT2D eigenvalue weighted by molar-refractivity contribution is 0.0697. The molecule has 0 amide bonds. The van der Waals surface area contributed by atoms with Crippen LogP contribution in [0.5, 0.6) is 0 Å². The van der Waals surface area contributed by atoms with Gasteiger partial charge in [-0.1, -0.05) is 6.07 Å². The van der Waals surface area contributed by atoms with Crippen molar-refractivity contribution in [1.29, 1.82) is 0 Å². The minimum absolute atomic E-state index is 0.00979. The summed E-state index contributed by atoms with van der Waals surface area (Å²) in [5.41, 5.74) is 0.167. The fourth-order valence-corrected chi connectivity index (χ4v) is 3.29. The molecule has 2 N–H and O–H groups in total. The number of sulfonamides is 1. The van der Waals surface area contributed by atoms with Gasteiger partial charge in [0.15, 0.2) is 0 Å². The van der Waals surface area contributed by atoms with Gasteiger partial charge in [0.2, 0.25) is 0 Å². The molecule has 0 heterocycles. The summed E-state index contributed by atoms with van der Waals surface area (Å²) in [6, 6.07) is 8.41. The third kappa shape index (κ3) is 3.59. The Labute approximate surface area is 128 Å². The van der Waals surface area contributed by atoms with Crippen LogP contribution in [0.4, 0.5) is 10.1 Å². The van der Waals surface area contributed by atoms with E-state index in [1.807, 2.05) is 0 Å². The molecule has 0 radical (unpaired) electrons. The molecule has 0 aliphatic heterocycles. The van der Waals surface area contributed by atoms with Crippen molar-refractivity contribution >= 4 is 37.6 Å². The molecule has 0 atom stereocenters. The van der Waals surface area contributed by atoms with Gasteiger partial charge in [-0.2, -0.15) is 0 Å². The van der Waals surface area contributed by atoms with Gasteiger partial charge >= 0.3 is 5.97 Å². The van der Waals surface area contributed by atoms with Crippen LogP contribution in [0.3, 0.4) is 0 Å². The van der Waals surface area contributed by atoms with Gasteiger partial charge in [0, 0.05) is 4.47 Å². The first-order valence-electron chi connectivity index (χ1n) is 5.61. The van der Waals surface area contributed by atoms with Crippen molar-refractivity contribution in [3.05, 3.63) is 58.3 Å². The topological polar surface area (TPSA) is 83.5 Å². The molecule has 0 saturated carbocycles. The number of anilines is 1. The van der Waals surface area contributed by atoms with Gasteiger partial charge in [0.1, 0.15) is 5.82 Å². The van der Waals surface area contributed by atoms with E-state index in [9.17, 15) is 17.6 Å². The van der Waals surface area contributed by atoms with Crippen LogP contribution in [0.1, 0.15) is 10.4 Å². The average molecular weight is 374 g/mol. The smallest absolute Gasteiger partial charge is 0.335 e. The quantitative estimate of drug-likeness (QED) is 0.862. The van der Waals surface area contributed by atoms with E-state index >= 15 is 0 Å². The predicted molar refractivity (Wildman–Crippen MR) is 78.3 cm³/mol. The first kappa shape index (κ1) is 15.5. The maximum Gasteiger partial charge on any atom is 0.335 e. The van der Waals surface area contributed by atoms with Crippen LogP contribution in [-0.4, -0.2) is 19.5 Å². The molecule has 5 nitrogen and oxygen atoms in total. The standard InChI is InChI=1S/C13H9BrFNO4S/c14-11-6-8(13(17)18)4-5-12(11)16-21(19,20)10-3-1-2-9(15)7-10/h1-7,16H,(H,17,18). The molecular weight excluding hydrogens is 365 g/mol. The summed E-state index contributed by atoms with van der Waals surface area (Å²) in [4.78, 5) is 10.6. The third-order valence-corrected chi connectivity index (χ3v) is 4.59. The SMILES string of the molecule is O=C(O)c1ccc(NS(=O)(=O)c2cccc(F)c2)c(Br)c1. The summed E-state index contributed by atoms with van der Waals surface area (Å²) in [6.45, 7) is 0. The molecular formula is C13H9BrFNO4S. The number of carbonyl (C=O) groups is 1. The van der Waals surface area contributed by atoms with E-state index in [0.29, 0.717) is 0 Å². The van der Waals surface area contributed by atoms with Crippen LogP contribution >= 0.6 is 15.9 Å². The minimum Gasteiger partial charge on any atom is -0.478 e. The number of aromatic carboxylic acids is 1. The zero-order valence-corrected chi connectivity index (χ0v) is 12.8. The maximum atomic E-state index is 13.1. The number of carboxylic acid groups (broad SMARTS) is 1. The van der Waals surface area contributed by atoms with Gasteiger partial charge in [-0.05, 0) is 52.3 Å². The van der Waals surface area contributed by atoms with Crippen molar-refractivity contribution < 1.29 is 22.7 Å². The second kappa shape index (κ2) is 5.82. The fraction of sp³-hybridized carbons (Fsp3) is 0.